The van der Waals surface area contributed by atoms with Crippen LogP contribution in [0.1, 0.15) is 20.8 Å². The van der Waals surface area contributed by atoms with Gasteiger partial charge in [-0.05, 0) is 11.5 Å². The van der Waals surface area contributed by atoms with Crippen molar-refractivity contribution in [2.45, 2.75) is 20.8 Å². The summed E-state index contributed by atoms with van der Waals surface area (Å²) < 4.78 is 17.9. The first-order valence-electron chi connectivity index (χ1n) is 4.23. The van der Waals surface area contributed by atoms with Gasteiger partial charge in [0, 0.05) is 6.07 Å². The third-order valence-corrected chi connectivity index (χ3v) is 1.34. The molecule has 0 saturated carbocycles. The number of rotatable bonds is 2. The molecule has 0 unspecified atom stereocenters. The van der Waals surface area contributed by atoms with Crippen LogP contribution in [0.4, 0.5) is 4.39 Å². The number of aromatic nitrogens is 1. The number of hydrogen-bond donors (Lipinski definition) is 0. The van der Waals surface area contributed by atoms with Crippen LogP contribution in [-0.4, -0.2) is 11.6 Å². The maximum absolute atomic E-state index is 12.6. The van der Waals surface area contributed by atoms with Crippen LogP contribution in [0.3, 0.4) is 0 Å². The normalized spacial score (nSPS) is 11.4. The van der Waals surface area contributed by atoms with E-state index in [0.29, 0.717) is 12.5 Å². The number of pyridine rings is 1. The zero-order valence-corrected chi connectivity index (χ0v) is 8.17. The van der Waals surface area contributed by atoms with Gasteiger partial charge in [-0.2, -0.15) is 9.37 Å². The molecule has 0 saturated heterocycles. The molecular formula is C10H14FNO. The molecule has 1 aromatic heterocycles. The minimum atomic E-state index is -0.508. The summed E-state index contributed by atoms with van der Waals surface area (Å²) in [5, 5.41) is 0. The van der Waals surface area contributed by atoms with Crippen molar-refractivity contribution < 1.29 is 9.13 Å². The Morgan fingerprint density at radius 3 is 2.62 bits per heavy atom. The minimum absolute atomic E-state index is 0.0635. The lowest BCUT2D eigenvalue weighted by Gasteiger charge is -2.17. The summed E-state index contributed by atoms with van der Waals surface area (Å²) >= 11 is 0. The molecule has 0 bridgehead atoms. The maximum Gasteiger partial charge on any atom is 0.216 e. The molecule has 3 heteroatoms. The van der Waals surface area contributed by atoms with Crippen LogP contribution in [0.5, 0.6) is 5.88 Å². The van der Waals surface area contributed by atoms with Gasteiger partial charge in [0.15, 0.2) is 0 Å². The Kier molecular flexibility index (Phi) is 2.86. The van der Waals surface area contributed by atoms with Gasteiger partial charge in [-0.3, -0.25) is 0 Å². The van der Waals surface area contributed by atoms with Crippen LogP contribution < -0.4 is 4.74 Å². The average molecular weight is 183 g/mol. The van der Waals surface area contributed by atoms with E-state index in [2.05, 4.69) is 4.98 Å². The SMILES string of the molecule is CC(C)(C)COc1cccc(F)n1. The zero-order valence-electron chi connectivity index (χ0n) is 8.17. The van der Waals surface area contributed by atoms with Gasteiger partial charge in [0.2, 0.25) is 11.8 Å². The number of halogens is 1. The Morgan fingerprint density at radius 2 is 2.08 bits per heavy atom. The average Bonchev–Trinajstić information content (AvgIpc) is 2.00. The van der Waals surface area contributed by atoms with Gasteiger partial charge in [0.25, 0.3) is 0 Å². The highest BCUT2D eigenvalue weighted by molar-refractivity contribution is 5.10. The third kappa shape index (κ3) is 3.87. The second kappa shape index (κ2) is 3.73. The molecule has 13 heavy (non-hydrogen) atoms. The van der Waals surface area contributed by atoms with E-state index in [1.54, 1.807) is 12.1 Å². The fraction of sp³-hybridized carbons (Fsp3) is 0.500. The topological polar surface area (TPSA) is 22.1 Å². The van der Waals surface area contributed by atoms with Crippen molar-refractivity contribution in [3.05, 3.63) is 24.1 Å². The first-order valence-corrected chi connectivity index (χ1v) is 4.23. The summed E-state index contributed by atoms with van der Waals surface area (Å²) in [5.74, 6) is -0.165. The van der Waals surface area contributed by atoms with Crippen LogP contribution in [0, 0.1) is 11.4 Å². The summed E-state index contributed by atoms with van der Waals surface area (Å²) in [7, 11) is 0. The first kappa shape index (κ1) is 9.96. The minimum Gasteiger partial charge on any atom is -0.477 e. The van der Waals surface area contributed by atoms with Crippen molar-refractivity contribution in [3.8, 4) is 5.88 Å². The molecule has 0 aliphatic rings. The second-order valence-electron chi connectivity index (χ2n) is 4.15. The van der Waals surface area contributed by atoms with Gasteiger partial charge in [0.05, 0.1) is 6.61 Å². The van der Waals surface area contributed by atoms with Gasteiger partial charge in [0.1, 0.15) is 0 Å². The Bertz CT molecular complexity index is 280. The summed E-state index contributed by atoms with van der Waals surface area (Å²) in [6.07, 6.45) is 0. The molecule has 1 heterocycles. The van der Waals surface area contributed by atoms with Crippen molar-refractivity contribution in [3.63, 3.8) is 0 Å². The molecule has 1 rings (SSSR count). The molecular weight excluding hydrogens is 169 g/mol. The van der Waals surface area contributed by atoms with Gasteiger partial charge in [-0.1, -0.05) is 26.8 Å². The monoisotopic (exact) mass is 183 g/mol. The van der Waals surface area contributed by atoms with Crippen LogP contribution in [0.2, 0.25) is 0 Å². The van der Waals surface area contributed by atoms with Crippen molar-refractivity contribution >= 4 is 0 Å². The van der Waals surface area contributed by atoms with Crippen molar-refractivity contribution in [1.82, 2.24) is 4.98 Å². The lowest BCUT2D eigenvalue weighted by Crippen LogP contribution is -2.17. The predicted molar refractivity (Wildman–Crippen MR) is 49.1 cm³/mol. The van der Waals surface area contributed by atoms with Crippen LogP contribution in [0.15, 0.2) is 18.2 Å². The molecule has 0 N–H and O–H groups in total. The third-order valence-electron chi connectivity index (χ3n) is 1.34. The smallest absolute Gasteiger partial charge is 0.216 e. The highest BCUT2D eigenvalue weighted by Crippen LogP contribution is 2.15. The highest BCUT2D eigenvalue weighted by atomic mass is 19.1. The molecule has 0 radical (unpaired) electrons. The molecule has 0 aliphatic carbocycles. The lowest BCUT2D eigenvalue weighted by molar-refractivity contribution is 0.189. The molecule has 0 atom stereocenters. The highest BCUT2D eigenvalue weighted by Gasteiger charge is 2.11. The first-order chi connectivity index (χ1) is 5.97. The Balaban J connectivity index is 2.55. The number of ether oxygens (including phenoxy) is 1. The Labute approximate surface area is 77.8 Å². The van der Waals surface area contributed by atoms with E-state index in [1.807, 2.05) is 20.8 Å². The van der Waals surface area contributed by atoms with Gasteiger partial charge in [-0.15, -0.1) is 0 Å². The van der Waals surface area contributed by atoms with E-state index in [4.69, 9.17) is 4.74 Å². The molecule has 0 amide bonds. The van der Waals surface area contributed by atoms with E-state index in [0.717, 1.165) is 0 Å². The van der Waals surface area contributed by atoms with E-state index in [9.17, 15) is 4.39 Å². The summed E-state index contributed by atoms with van der Waals surface area (Å²) in [4.78, 5) is 3.59. The van der Waals surface area contributed by atoms with Crippen molar-refractivity contribution in [2.75, 3.05) is 6.61 Å². The van der Waals surface area contributed by atoms with Gasteiger partial charge >= 0.3 is 0 Å². The van der Waals surface area contributed by atoms with Gasteiger partial charge in [-0.25, -0.2) is 0 Å². The number of nitrogens with zero attached hydrogens (tertiary/aromatic N) is 1. The Hall–Kier alpha value is -1.12. The van der Waals surface area contributed by atoms with Crippen LogP contribution in [-0.2, 0) is 0 Å². The molecule has 0 fully saturated rings. The lowest BCUT2D eigenvalue weighted by atomic mass is 9.99. The number of hydrogen-bond acceptors (Lipinski definition) is 2. The fourth-order valence-corrected chi connectivity index (χ4v) is 0.760. The largest absolute Gasteiger partial charge is 0.477 e. The molecule has 72 valence electrons. The predicted octanol–water partition coefficient (Wildman–Crippen LogP) is 2.65. The van der Waals surface area contributed by atoms with Crippen molar-refractivity contribution in [1.29, 1.82) is 0 Å². The van der Waals surface area contributed by atoms with Gasteiger partial charge < -0.3 is 4.74 Å². The second-order valence-corrected chi connectivity index (χ2v) is 4.15. The van der Waals surface area contributed by atoms with E-state index in [1.165, 1.54) is 6.07 Å². The summed E-state index contributed by atoms with van der Waals surface area (Å²) in [6, 6.07) is 4.53. The molecule has 1 aromatic rings. The standard InChI is InChI=1S/C10H14FNO/c1-10(2,3)7-13-9-6-4-5-8(11)12-9/h4-6H,7H2,1-3H3. The molecule has 0 aromatic carbocycles. The van der Waals surface area contributed by atoms with E-state index >= 15 is 0 Å². The molecule has 0 spiro atoms. The van der Waals surface area contributed by atoms with Crippen LogP contribution >= 0.6 is 0 Å². The van der Waals surface area contributed by atoms with E-state index < -0.39 is 5.95 Å². The molecule has 2 nitrogen and oxygen atoms in total. The fourth-order valence-electron chi connectivity index (χ4n) is 0.760. The van der Waals surface area contributed by atoms with E-state index in [-0.39, 0.29) is 5.41 Å². The molecule has 0 aliphatic heterocycles. The summed E-state index contributed by atoms with van der Waals surface area (Å²) in [6.45, 7) is 6.67. The summed E-state index contributed by atoms with van der Waals surface area (Å²) in [5.41, 5.74) is 0.0635. The van der Waals surface area contributed by atoms with Crippen molar-refractivity contribution in [2.24, 2.45) is 5.41 Å². The Morgan fingerprint density at radius 1 is 1.38 bits per heavy atom. The maximum atomic E-state index is 12.6. The van der Waals surface area contributed by atoms with Crippen LogP contribution in [0.25, 0.3) is 0 Å². The zero-order chi connectivity index (χ0) is 9.90. The quantitative estimate of drug-likeness (QED) is 0.657.